The van der Waals surface area contributed by atoms with Gasteiger partial charge < -0.3 is 40.7 Å². The number of benzene rings is 2. The van der Waals surface area contributed by atoms with Crippen LogP contribution in [0.5, 0.6) is 11.5 Å². The Morgan fingerprint density at radius 1 is 0.804 bits per heavy atom. The van der Waals surface area contributed by atoms with E-state index in [2.05, 4.69) is 37.4 Å². The standard InChI is InChI=1S/C32H45N5O9/c1-18(2)27(34-31(43)45-6)29(41)33-23(15-21-11-9-8-10-12-21)26(40)17-37(20(5)22-13-14-24(38)25(39)16-22)36-30(42)28(19(3)4)35-32(44)46-7/h8-14,16,18-19,23,26-28,38-40H,5,15,17H2,1-4,6-7H3,(H,33,41)(H,34,43)(H,35,44)(H,36,42)/t23?,26?,27-,28-/m0/s1. The number of aliphatic hydroxyl groups excluding tert-OH is 1. The van der Waals surface area contributed by atoms with E-state index in [0.29, 0.717) is 0 Å². The number of rotatable bonds is 15. The van der Waals surface area contributed by atoms with E-state index in [9.17, 15) is 34.5 Å². The van der Waals surface area contributed by atoms with Crippen LogP contribution >= 0.6 is 0 Å². The predicted octanol–water partition coefficient (Wildman–Crippen LogP) is 2.25. The number of aliphatic hydroxyl groups is 1. The predicted molar refractivity (Wildman–Crippen MR) is 170 cm³/mol. The van der Waals surface area contributed by atoms with E-state index in [1.165, 1.54) is 30.3 Å². The number of hydrazine groups is 1. The molecule has 46 heavy (non-hydrogen) atoms. The molecule has 0 aliphatic heterocycles. The number of aromatic hydroxyl groups is 2. The first-order valence-corrected chi connectivity index (χ1v) is 14.7. The Hall–Kier alpha value is -4.98. The van der Waals surface area contributed by atoms with Gasteiger partial charge in [-0.1, -0.05) is 64.6 Å². The summed E-state index contributed by atoms with van der Waals surface area (Å²) in [7, 11) is 2.35. The number of hydrogen-bond donors (Lipinski definition) is 7. The summed E-state index contributed by atoms with van der Waals surface area (Å²) in [4.78, 5) is 50.8. The normalized spacial score (nSPS) is 13.5. The van der Waals surface area contributed by atoms with Crippen LogP contribution in [0, 0.1) is 11.8 Å². The zero-order chi connectivity index (χ0) is 34.6. The first kappa shape index (κ1) is 37.2. The number of phenols is 2. The van der Waals surface area contributed by atoms with Gasteiger partial charge in [0, 0.05) is 5.56 Å². The van der Waals surface area contributed by atoms with Crippen LogP contribution in [0.25, 0.3) is 5.70 Å². The smallest absolute Gasteiger partial charge is 0.407 e. The molecule has 14 nitrogen and oxygen atoms in total. The van der Waals surface area contributed by atoms with Crippen molar-refractivity contribution in [3.05, 3.63) is 66.2 Å². The maximum Gasteiger partial charge on any atom is 0.407 e. The number of ether oxygens (including phenoxy) is 2. The molecular weight excluding hydrogens is 598 g/mol. The van der Waals surface area contributed by atoms with Crippen molar-refractivity contribution in [2.45, 2.75) is 58.3 Å². The molecule has 0 aliphatic rings. The Bertz CT molecular complexity index is 1350. The minimum absolute atomic E-state index is 0.112. The van der Waals surface area contributed by atoms with Gasteiger partial charge in [0.05, 0.1) is 38.6 Å². The summed E-state index contributed by atoms with van der Waals surface area (Å²) in [5.74, 6) is -2.76. The van der Waals surface area contributed by atoms with Crippen molar-refractivity contribution >= 4 is 29.7 Å². The van der Waals surface area contributed by atoms with Crippen LogP contribution in [0.15, 0.2) is 55.1 Å². The zero-order valence-corrected chi connectivity index (χ0v) is 26.9. The molecule has 4 atom stereocenters. The minimum Gasteiger partial charge on any atom is -0.504 e. The number of carbonyl (C=O) groups excluding carboxylic acids is 4. The Labute approximate surface area is 268 Å². The lowest BCUT2D eigenvalue weighted by Gasteiger charge is -2.35. The number of nitrogens with zero attached hydrogens (tertiary/aromatic N) is 1. The third-order valence-corrected chi connectivity index (χ3v) is 7.16. The molecule has 0 aromatic heterocycles. The van der Waals surface area contributed by atoms with Gasteiger partial charge in [-0.3, -0.25) is 20.0 Å². The van der Waals surface area contributed by atoms with Crippen LogP contribution in [0.2, 0.25) is 0 Å². The summed E-state index contributed by atoms with van der Waals surface area (Å²) in [6, 6.07) is 10.0. The second-order valence-corrected chi connectivity index (χ2v) is 11.3. The minimum atomic E-state index is -1.36. The summed E-state index contributed by atoms with van der Waals surface area (Å²) in [6.45, 7) is 10.6. The van der Waals surface area contributed by atoms with Gasteiger partial charge >= 0.3 is 12.2 Å². The van der Waals surface area contributed by atoms with Gasteiger partial charge in [-0.2, -0.15) is 0 Å². The monoisotopic (exact) mass is 643 g/mol. The third-order valence-electron chi connectivity index (χ3n) is 7.16. The first-order chi connectivity index (χ1) is 21.7. The van der Waals surface area contributed by atoms with Crippen LogP contribution in [0.1, 0.15) is 38.8 Å². The van der Waals surface area contributed by atoms with Gasteiger partial charge in [-0.25, -0.2) is 9.59 Å². The van der Waals surface area contributed by atoms with Crippen molar-refractivity contribution in [2.24, 2.45) is 11.8 Å². The number of amides is 4. The van der Waals surface area contributed by atoms with Crippen molar-refractivity contribution in [3.63, 3.8) is 0 Å². The summed E-state index contributed by atoms with van der Waals surface area (Å²) in [6.07, 6.45) is -2.81. The fraction of sp³-hybridized carbons (Fsp3) is 0.438. The molecule has 2 unspecified atom stereocenters. The molecule has 2 aromatic carbocycles. The molecule has 4 amide bonds. The van der Waals surface area contributed by atoms with Crippen molar-refractivity contribution in [1.82, 2.24) is 26.4 Å². The van der Waals surface area contributed by atoms with E-state index < -0.39 is 54.0 Å². The lowest BCUT2D eigenvalue weighted by Crippen LogP contribution is -2.59. The molecule has 0 bridgehead atoms. The van der Waals surface area contributed by atoms with Gasteiger partial charge in [-0.15, -0.1) is 0 Å². The van der Waals surface area contributed by atoms with E-state index in [-0.39, 0.29) is 41.8 Å². The number of hydrogen-bond acceptors (Lipinski definition) is 10. The van der Waals surface area contributed by atoms with E-state index in [1.54, 1.807) is 27.7 Å². The van der Waals surface area contributed by atoms with Gasteiger partial charge in [0.15, 0.2) is 11.5 Å². The Morgan fingerprint density at radius 3 is 1.85 bits per heavy atom. The highest BCUT2D eigenvalue weighted by atomic mass is 16.5. The van der Waals surface area contributed by atoms with Crippen molar-refractivity contribution in [3.8, 4) is 11.5 Å². The van der Waals surface area contributed by atoms with Crippen LogP contribution < -0.4 is 21.4 Å². The topological polar surface area (TPSA) is 199 Å². The molecule has 7 N–H and O–H groups in total. The van der Waals surface area contributed by atoms with Crippen molar-refractivity contribution < 1.29 is 44.0 Å². The molecular formula is C32H45N5O9. The van der Waals surface area contributed by atoms with E-state index in [0.717, 1.165) is 12.7 Å². The highest BCUT2D eigenvalue weighted by Crippen LogP contribution is 2.29. The average molecular weight is 644 g/mol. The van der Waals surface area contributed by atoms with Gasteiger partial charge in [-0.05, 0) is 42.0 Å². The zero-order valence-electron chi connectivity index (χ0n) is 26.9. The molecule has 2 aromatic rings. The maximum absolute atomic E-state index is 13.5. The van der Waals surface area contributed by atoms with E-state index in [4.69, 9.17) is 0 Å². The molecule has 0 saturated heterocycles. The lowest BCUT2D eigenvalue weighted by molar-refractivity contribution is -0.129. The number of carbonyl (C=O) groups is 4. The molecule has 252 valence electrons. The second-order valence-electron chi connectivity index (χ2n) is 11.3. The van der Waals surface area contributed by atoms with E-state index >= 15 is 0 Å². The number of phenolic OH excluding ortho intramolecular Hbond substituents is 2. The SMILES string of the molecule is C=C(c1ccc(O)c(O)c1)N(CC(O)C(Cc1ccccc1)NC(=O)[C@@H](NC(=O)OC)C(C)C)NC(=O)[C@@H](NC(=O)OC)C(C)C. The fourth-order valence-corrected chi connectivity index (χ4v) is 4.46. The average Bonchev–Trinajstić information content (AvgIpc) is 3.02. The summed E-state index contributed by atoms with van der Waals surface area (Å²) in [5.41, 5.74) is 3.86. The van der Waals surface area contributed by atoms with E-state index in [1.807, 2.05) is 30.3 Å². The third kappa shape index (κ3) is 10.9. The van der Waals surface area contributed by atoms with Crippen LogP contribution in [0.3, 0.4) is 0 Å². The molecule has 0 radical (unpaired) electrons. The highest BCUT2D eigenvalue weighted by Gasteiger charge is 2.32. The summed E-state index contributed by atoms with van der Waals surface area (Å²) >= 11 is 0. The molecule has 0 heterocycles. The quantitative estimate of drug-likeness (QED) is 0.112. The Kier molecular flexibility index (Phi) is 14.1. The largest absolute Gasteiger partial charge is 0.504 e. The molecule has 0 aliphatic carbocycles. The van der Waals surface area contributed by atoms with Crippen LogP contribution in [-0.4, -0.2) is 89.3 Å². The van der Waals surface area contributed by atoms with Gasteiger partial charge in [0.1, 0.15) is 12.1 Å². The van der Waals surface area contributed by atoms with Gasteiger partial charge in [0.25, 0.3) is 5.91 Å². The first-order valence-electron chi connectivity index (χ1n) is 14.7. The number of methoxy groups -OCH3 is 2. The lowest BCUT2D eigenvalue weighted by atomic mass is 9.98. The molecule has 0 saturated carbocycles. The van der Waals surface area contributed by atoms with Crippen molar-refractivity contribution in [2.75, 3.05) is 20.8 Å². The molecule has 0 fully saturated rings. The number of alkyl carbamates (subject to hydrolysis) is 2. The van der Waals surface area contributed by atoms with Crippen LogP contribution in [-0.2, 0) is 25.5 Å². The Morgan fingerprint density at radius 2 is 1.35 bits per heavy atom. The maximum atomic E-state index is 13.5. The van der Waals surface area contributed by atoms with Crippen molar-refractivity contribution in [1.29, 1.82) is 0 Å². The van der Waals surface area contributed by atoms with Crippen LogP contribution in [0.4, 0.5) is 9.59 Å². The summed E-state index contributed by atoms with van der Waals surface area (Å²) < 4.78 is 9.32. The molecule has 14 heteroatoms. The second kappa shape index (κ2) is 17.5. The molecule has 0 spiro atoms. The fourth-order valence-electron chi connectivity index (χ4n) is 4.46. The van der Waals surface area contributed by atoms with Gasteiger partial charge in [0.2, 0.25) is 5.91 Å². The Balaban J connectivity index is 2.47. The number of nitrogens with one attached hydrogen (secondary N) is 4. The highest BCUT2D eigenvalue weighted by molar-refractivity contribution is 5.87. The molecule has 2 rings (SSSR count). The summed E-state index contributed by atoms with van der Waals surface area (Å²) in [5, 5.41) is 40.6.